The molecule has 1 unspecified atom stereocenters. The highest BCUT2D eigenvalue weighted by atomic mass is 16.6. The van der Waals surface area contributed by atoms with Crippen LogP contribution in [0.25, 0.3) is 0 Å². The summed E-state index contributed by atoms with van der Waals surface area (Å²) in [5.41, 5.74) is -0.686. The van der Waals surface area contributed by atoms with Crippen molar-refractivity contribution in [3.8, 4) is 0 Å². The van der Waals surface area contributed by atoms with Crippen LogP contribution < -0.4 is 5.32 Å². The van der Waals surface area contributed by atoms with Crippen molar-refractivity contribution < 1.29 is 14.3 Å². The molecule has 0 aromatic rings. The molecule has 0 aromatic heterocycles. The van der Waals surface area contributed by atoms with Gasteiger partial charge in [-0.25, -0.2) is 4.79 Å². The zero-order chi connectivity index (χ0) is 9.47. The van der Waals surface area contributed by atoms with Gasteiger partial charge in [0.15, 0.2) is 0 Å². The molecule has 0 saturated carbocycles. The molecule has 2 saturated heterocycles. The van der Waals surface area contributed by atoms with E-state index in [9.17, 15) is 9.59 Å². The second-order valence-corrected chi connectivity index (χ2v) is 3.90. The van der Waals surface area contributed by atoms with Crippen molar-refractivity contribution in [3.05, 3.63) is 0 Å². The number of nitrogens with one attached hydrogen (secondary N) is 1. The van der Waals surface area contributed by atoms with Crippen LogP contribution in [0.1, 0.15) is 32.6 Å². The molecule has 2 atom stereocenters. The molecule has 2 aliphatic heterocycles. The first-order valence-corrected chi connectivity index (χ1v) is 4.64. The number of cyclic esters (lactones) is 1. The Morgan fingerprint density at radius 1 is 1.54 bits per heavy atom. The molecule has 0 radical (unpaired) electrons. The molecule has 2 rings (SSSR count). The lowest BCUT2D eigenvalue weighted by Gasteiger charge is -2.30. The van der Waals surface area contributed by atoms with Gasteiger partial charge in [-0.15, -0.1) is 0 Å². The smallest absolute Gasteiger partial charge is 0.332 e. The number of rotatable bonds is 0. The number of esters is 1. The molecule has 72 valence electrons. The van der Waals surface area contributed by atoms with Crippen molar-refractivity contribution in [1.82, 2.24) is 5.32 Å². The summed E-state index contributed by atoms with van der Waals surface area (Å²) < 4.78 is 5.05. The summed E-state index contributed by atoms with van der Waals surface area (Å²) in [5, 5.41) is 2.76. The topological polar surface area (TPSA) is 55.4 Å². The highest BCUT2D eigenvalue weighted by molar-refractivity contribution is 5.90. The van der Waals surface area contributed by atoms with Crippen LogP contribution in [0.4, 0.5) is 0 Å². The molecular weight excluding hydrogens is 170 g/mol. The van der Waals surface area contributed by atoms with Gasteiger partial charge >= 0.3 is 5.97 Å². The minimum absolute atomic E-state index is 0.0303. The first-order valence-electron chi connectivity index (χ1n) is 4.64. The number of amides is 1. The largest absolute Gasteiger partial charge is 0.461 e. The maximum atomic E-state index is 11.5. The van der Waals surface area contributed by atoms with Gasteiger partial charge in [0.1, 0.15) is 11.6 Å². The Labute approximate surface area is 76.6 Å². The summed E-state index contributed by atoms with van der Waals surface area (Å²) in [6, 6.07) is 0. The second-order valence-electron chi connectivity index (χ2n) is 3.90. The van der Waals surface area contributed by atoms with E-state index < -0.39 is 5.54 Å². The summed E-state index contributed by atoms with van der Waals surface area (Å²) in [7, 11) is 0. The standard InChI is InChI=1S/C9H13NO3/c1-6-5-9(8(12)13-6)4-2-3-7(11)10-9/h6H,2-5H2,1H3,(H,10,11)/t6?,9-/m0/s1. The monoisotopic (exact) mass is 183 g/mol. The van der Waals surface area contributed by atoms with Crippen LogP contribution in [-0.4, -0.2) is 23.5 Å². The fraction of sp³-hybridized carbons (Fsp3) is 0.778. The number of carbonyl (C=O) groups is 2. The van der Waals surface area contributed by atoms with E-state index in [4.69, 9.17) is 4.74 Å². The Balaban J connectivity index is 2.19. The number of piperidine rings is 1. The molecule has 2 heterocycles. The predicted molar refractivity (Wildman–Crippen MR) is 44.9 cm³/mol. The molecule has 4 heteroatoms. The van der Waals surface area contributed by atoms with Crippen LogP contribution >= 0.6 is 0 Å². The van der Waals surface area contributed by atoms with E-state index in [1.165, 1.54) is 0 Å². The molecule has 4 nitrogen and oxygen atoms in total. The summed E-state index contributed by atoms with van der Waals surface area (Å²) in [6.45, 7) is 1.85. The van der Waals surface area contributed by atoms with Gasteiger partial charge in [0.2, 0.25) is 5.91 Å². The van der Waals surface area contributed by atoms with Gasteiger partial charge < -0.3 is 10.1 Å². The third-order valence-corrected chi connectivity index (χ3v) is 2.72. The van der Waals surface area contributed by atoms with E-state index in [2.05, 4.69) is 5.32 Å². The molecule has 0 aromatic carbocycles. The maximum absolute atomic E-state index is 11.5. The summed E-state index contributed by atoms with van der Waals surface area (Å²) in [6.07, 6.45) is 2.60. The Morgan fingerprint density at radius 2 is 2.31 bits per heavy atom. The summed E-state index contributed by atoms with van der Waals surface area (Å²) >= 11 is 0. The Hall–Kier alpha value is -1.06. The zero-order valence-corrected chi connectivity index (χ0v) is 7.63. The van der Waals surface area contributed by atoms with E-state index in [0.717, 1.165) is 12.8 Å². The fourth-order valence-corrected chi connectivity index (χ4v) is 2.16. The number of carbonyl (C=O) groups excluding carboxylic acids is 2. The second kappa shape index (κ2) is 2.72. The normalized spacial score (nSPS) is 39.0. The SMILES string of the molecule is CC1C[C@@]2(CCCC(=O)N2)C(=O)O1. The fourth-order valence-electron chi connectivity index (χ4n) is 2.16. The highest BCUT2D eigenvalue weighted by Gasteiger charge is 2.49. The van der Waals surface area contributed by atoms with Gasteiger partial charge in [-0.05, 0) is 19.8 Å². The Bertz CT molecular complexity index is 264. The van der Waals surface area contributed by atoms with Gasteiger partial charge in [0, 0.05) is 12.8 Å². The number of ether oxygens (including phenoxy) is 1. The van der Waals surface area contributed by atoms with Gasteiger partial charge in [-0.3, -0.25) is 4.79 Å². The van der Waals surface area contributed by atoms with Crippen LogP contribution in [0.15, 0.2) is 0 Å². The van der Waals surface area contributed by atoms with Gasteiger partial charge in [0.25, 0.3) is 0 Å². The van der Waals surface area contributed by atoms with Crippen molar-refractivity contribution in [2.75, 3.05) is 0 Å². The molecule has 2 aliphatic rings. The van der Waals surface area contributed by atoms with Gasteiger partial charge in [0.05, 0.1) is 0 Å². The average molecular weight is 183 g/mol. The highest BCUT2D eigenvalue weighted by Crippen LogP contribution is 2.32. The van der Waals surface area contributed by atoms with Crippen molar-refractivity contribution in [2.45, 2.75) is 44.2 Å². The quantitative estimate of drug-likeness (QED) is 0.552. The van der Waals surface area contributed by atoms with Crippen LogP contribution in [0.5, 0.6) is 0 Å². The van der Waals surface area contributed by atoms with E-state index in [0.29, 0.717) is 12.8 Å². The van der Waals surface area contributed by atoms with Crippen molar-refractivity contribution in [3.63, 3.8) is 0 Å². The summed E-state index contributed by atoms with van der Waals surface area (Å²) in [5.74, 6) is -0.287. The summed E-state index contributed by atoms with van der Waals surface area (Å²) in [4.78, 5) is 22.6. The number of hydrogen-bond donors (Lipinski definition) is 1. The van der Waals surface area contributed by atoms with Gasteiger partial charge in [-0.1, -0.05) is 0 Å². The Morgan fingerprint density at radius 3 is 2.85 bits per heavy atom. The van der Waals surface area contributed by atoms with E-state index in [-0.39, 0.29) is 18.0 Å². The lowest BCUT2D eigenvalue weighted by molar-refractivity contribution is -0.149. The Kier molecular flexibility index (Phi) is 1.78. The zero-order valence-electron chi connectivity index (χ0n) is 7.63. The third kappa shape index (κ3) is 1.30. The van der Waals surface area contributed by atoms with Crippen molar-refractivity contribution in [2.24, 2.45) is 0 Å². The lowest BCUT2D eigenvalue weighted by atomic mass is 9.86. The predicted octanol–water partition coefficient (Wildman–Crippen LogP) is 0.361. The van der Waals surface area contributed by atoms with Crippen LogP contribution in [0, 0.1) is 0 Å². The molecular formula is C9H13NO3. The molecule has 1 amide bonds. The number of hydrogen-bond acceptors (Lipinski definition) is 3. The van der Waals surface area contributed by atoms with Crippen LogP contribution in [0.2, 0.25) is 0 Å². The molecule has 0 bridgehead atoms. The van der Waals surface area contributed by atoms with E-state index in [1.54, 1.807) is 0 Å². The molecule has 0 aliphatic carbocycles. The first-order chi connectivity index (χ1) is 6.12. The van der Waals surface area contributed by atoms with Crippen molar-refractivity contribution >= 4 is 11.9 Å². The molecule has 1 N–H and O–H groups in total. The van der Waals surface area contributed by atoms with Gasteiger partial charge in [-0.2, -0.15) is 0 Å². The first kappa shape index (κ1) is 8.53. The molecule has 13 heavy (non-hydrogen) atoms. The molecule has 2 fully saturated rings. The van der Waals surface area contributed by atoms with Crippen LogP contribution in [-0.2, 0) is 14.3 Å². The van der Waals surface area contributed by atoms with E-state index in [1.807, 2.05) is 6.92 Å². The molecule has 1 spiro atoms. The van der Waals surface area contributed by atoms with E-state index >= 15 is 0 Å². The minimum Gasteiger partial charge on any atom is -0.461 e. The third-order valence-electron chi connectivity index (χ3n) is 2.72. The van der Waals surface area contributed by atoms with Crippen molar-refractivity contribution in [1.29, 1.82) is 0 Å². The lowest BCUT2D eigenvalue weighted by Crippen LogP contribution is -2.54. The maximum Gasteiger partial charge on any atom is 0.332 e. The van der Waals surface area contributed by atoms with Crippen LogP contribution in [0.3, 0.4) is 0 Å². The average Bonchev–Trinajstić information content (AvgIpc) is 2.26. The minimum atomic E-state index is -0.686.